The van der Waals surface area contributed by atoms with Gasteiger partial charge in [-0.1, -0.05) is 5.11 Å². The number of carbonyl (C=O) groups is 1. The van der Waals surface area contributed by atoms with Crippen LogP contribution < -0.4 is 11.4 Å². The van der Waals surface area contributed by atoms with Crippen molar-refractivity contribution in [3.63, 3.8) is 0 Å². The average Bonchev–Trinajstić information content (AvgIpc) is 3.38. The minimum atomic E-state index is -4.33. The molecule has 2 unspecified atom stereocenters. The standard InChI is InChI=1S/C16H19N6O8PS/c1-27-31(25,26)28-8-11-10(6-13(29-11)22-4-2-12(17)20-16(22)24)30-15(23)14-9(3-5-32-14)7-19-21-18/h2-5,10-11,13H,6-8H2,1H3,(H,25,26)(H2,17,20,24)/t10?,11-,13-/m1/s1. The Morgan fingerprint density at radius 1 is 1.56 bits per heavy atom. The molecule has 1 saturated heterocycles. The number of esters is 1. The fraction of sp³-hybridized carbons (Fsp3) is 0.438. The molecular weight excluding hydrogens is 467 g/mol. The fourth-order valence-corrected chi connectivity index (χ4v) is 4.19. The number of phosphoric acid groups is 1. The van der Waals surface area contributed by atoms with Gasteiger partial charge in [-0.3, -0.25) is 13.6 Å². The second kappa shape index (κ2) is 10.2. The number of azide groups is 1. The lowest BCUT2D eigenvalue weighted by Crippen LogP contribution is -2.31. The predicted octanol–water partition coefficient (Wildman–Crippen LogP) is 1.97. The van der Waals surface area contributed by atoms with Crippen LogP contribution in [-0.2, 0) is 29.6 Å². The molecule has 1 aliphatic rings. The average molecular weight is 486 g/mol. The number of ether oxygens (including phenoxy) is 2. The highest BCUT2D eigenvalue weighted by Crippen LogP contribution is 2.43. The summed E-state index contributed by atoms with van der Waals surface area (Å²) in [6, 6.07) is 3.03. The largest absolute Gasteiger partial charge is 0.472 e. The summed E-state index contributed by atoms with van der Waals surface area (Å²) in [7, 11) is -3.33. The van der Waals surface area contributed by atoms with Crippen molar-refractivity contribution in [2.75, 3.05) is 19.5 Å². The molecule has 0 saturated carbocycles. The van der Waals surface area contributed by atoms with Gasteiger partial charge >= 0.3 is 19.5 Å². The Labute approximate surface area is 184 Å². The molecular formula is C16H19N6O8PS. The maximum Gasteiger partial charge on any atom is 0.472 e. The highest BCUT2D eigenvalue weighted by Gasteiger charge is 2.41. The number of nitrogen functional groups attached to an aromatic ring is 1. The van der Waals surface area contributed by atoms with E-state index in [2.05, 4.69) is 19.5 Å². The molecule has 0 spiro atoms. The van der Waals surface area contributed by atoms with Crippen molar-refractivity contribution in [1.82, 2.24) is 9.55 Å². The molecule has 0 bridgehead atoms. The lowest BCUT2D eigenvalue weighted by Gasteiger charge is -2.19. The van der Waals surface area contributed by atoms with Crippen molar-refractivity contribution in [2.24, 2.45) is 5.11 Å². The molecule has 3 rings (SSSR count). The molecule has 1 fully saturated rings. The number of nitrogens with two attached hydrogens (primary N) is 1. The number of thiophene rings is 1. The van der Waals surface area contributed by atoms with Crippen LogP contribution in [0.4, 0.5) is 5.82 Å². The van der Waals surface area contributed by atoms with Gasteiger partial charge in [0.1, 0.15) is 29.1 Å². The zero-order chi connectivity index (χ0) is 23.3. The minimum Gasteiger partial charge on any atom is -0.455 e. The monoisotopic (exact) mass is 486 g/mol. The first-order valence-corrected chi connectivity index (χ1v) is 11.4. The number of nitrogens with zero attached hydrogens (tertiary/aromatic N) is 5. The van der Waals surface area contributed by atoms with E-state index in [1.807, 2.05) is 0 Å². The lowest BCUT2D eigenvalue weighted by atomic mass is 10.2. The molecule has 16 heteroatoms. The summed E-state index contributed by atoms with van der Waals surface area (Å²) in [5.41, 5.74) is 13.8. The number of phosphoric ester groups is 1. The zero-order valence-electron chi connectivity index (χ0n) is 16.6. The minimum absolute atomic E-state index is 0.0266. The van der Waals surface area contributed by atoms with Gasteiger partial charge < -0.3 is 20.1 Å². The Morgan fingerprint density at radius 2 is 2.34 bits per heavy atom. The van der Waals surface area contributed by atoms with E-state index in [1.54, 1.807) is 11.4 Å². The van der Waals surface area contributed by atoms with Crippen molar-refractivity contribution in [3.8, 4) is 0 Å². The van der Waals surface area contributed by atoms with E-state index in [4.69, 9.17) is 25.3 Å². The van der Waals surface area contributed by atoms with Crippen molar-refractivity contribution >= 4 is 30.9 Å². The summed E-state index contributed by atoms with van der Waals surface area (Å²) in [6.45, 7) is -0.488. The van der Waals surface area contributed by atoms with Gasteiger partial charge in [-0.05, 0) is 28.6 Å². The number of hydrogen-bond acceptors (Lipinski definition) is 11. The highest BCUT2D eigenvalue weighted by atomic mass is 32.1. The van der Waals surface area contributed by atoms with Crippen molar-refractivity contribution in [1.29, 1.82) is 0 Å². The predicted molar refractivity (Wildman–Crippen MR) is 111 cm³/mol. The smallest absolute Gasteiger partial charge is 0.455 e. The lowest BCUT2D eigenvalue weighted by molar-refractivity contribution is -0.0517. The molecule has 3 heterocycles. The summed E-state index contributed by atoms with van der Waals surface area (Å²) >= 11 is 1.10. The SMILES string of the molecule is COP(=O)(O)OC[C@H]1O[C@@H](n2ccc(N)nc2=O)CC1OC(=O)c1sccc1CN=[N+]=[N-]. The Hall–Kier alpha value is -2.77. The van der Waals surface area contributed by atoms with Gasteiger partial charge in [0.15, 0.2) is 0 Å². The van der Waals surface area contributed by atoms with E-state index in [9.17, 15) is 19.0 Å². The summed E-state index contributed by atoms with van der Waals surface area (Å²) in [5.74, 6) is -0.678. The molecule has 2 aromatic heterocycles. The number of anilines is 1. The summed E-state index contributed by atoms with van der Waals surface area (Å²) in [4.78, 5) is 40.9. The molecule has 1 aliphatic heterocycles. The molecule has 0 amide bonds. The molecule has 32 heavy (non-hydrogen) atoms. The Morgan fingerprint density at radius 3 is 3.03 bits per heavy atom. The van der Waals surface area contributed by atoms with Gasteiger partial charge in [0.05, 0.1) is 13.2 Å². The summed E-state index contributed by atoms with van der Waals surface area (Å²) < 4.78 is 33.4. The van der Waals surface area contributed by atoms with Crippen LogP contribution in [0.15, 0.2) is 33.6 Å². The number of rotatable bonds is 9. The van der Waals surface area contributed by atoms with Gasteiger partial charge in [-0.15, -0.1) is 11.3 Å². The molecule has 0 aliphatic carbocycles. The first kappa shape index (κ1) is 23.9. The van der Waals surface area contributed by atoms with Crippen LogP contribution in [0.3, 0.4) is 0 Å². The molecule has 4 atom stereocenters. The van der Waals surface area contributed by atoms with Crippen LogP contribution in [0.2, 0.25) is 0 Å². The second-order valence-electron chi connectivity index (χ2n) is 6.46. The van der Waals surface area contributed by atoms with Gasteiger partial charge in [0, 0.05) is 24.6 Å². The maximum absolute atomic E-state index is 12.7. The van der Waals surface area contributed by atoms with Gasteiger partial charge in [0.2, 0.25) is 0 Å². The van der Waals surface area contributed by atoms with Crippen molar-refractivity contribution in [2.45, 2.75) is 31.4 Å². The second-order valence-corrected chi connectivity index (χ2v) is 8.94. The Kier molecular flexibility index (Phi) is 7.64. The molecule has 2 aromatic rings. The third kappa shape index (κ3) is 5.72. The molecule has 0 radical (unpaired) electrons. The van der Waals surface area contributed by atoms with Crippen molar-refractivity contribution < 1.29 is 32.8 Å². The summed E-state index contributed by atoms with van der Waals surface area (Å²) in [6.07, 6.45) is -1.42. The third-order valence-electron chi connectivity index (χ3n) is 4.47. The van der Waals surface area contributed by atoms with E-state index in [0.29, 0.717) is 5.56 Å². The molecule has 172 valence electrons. The van der Waals surface area contributed by atoms with Gasteiger partial charge in [-0.25, -0.2) is 14.2 Å². The van der Waals surface area contributed by atoms with Crippen LogP contribution in [-0.4, -0.2) is 46.3 Å². The van der Waals surface area contributed by atoms with E-state index in [1.165, 1.54) is 12.3 Å². The van der Waals surface area contributed by atoms with Gasteiger partial charge in [0.25, 0.3) is 0 Å². The molecule has 14 nitrogen and oxygen atoms in total. The normalized spacial score (nSPS) is 22.1. The number of carbonyl (C=O) groups excluding carboxylic acids is 1. The zero-order valence-corrected chi connectivity index (χ0v) is 18.3. The van der Waals surface area contributed by atoms with Gasteiger partial charge in [-0.2, -0.15) is 4.98 Å². The van der Waals surface area contributed by atoms with E-state index >= 15 is 0 Å². The topological polar surface area (TPSA) is 201 Å². The third-order valence-corrected chi connectivity index (χ3v) is 6.34. The van der Waals surface area contributed by atoms with Crippen LogP contribution in [0.1, 0.15) is 27.9 Å². The van der Waals surface area contributed by atoms with E-state index in [-0.39, 0.29) is 23.7 Å². The number of aromatic nitrogens is 2. The first-order valence-electron chi connectivity index (χ1n) is 9.05. The van der Waals surface area contributed by atoms with E-state index in [0.717, 1.165) is 23.0 Å². The quantitative estimate of drug-likeness (QED) is 0.173. The van der Waals surface area contributed by atoms with Crippen LogP contribution in [0, 0.1) is 0 Å². The maximum atomic E-state index is 12.7. The highest BCUT2D eigenvalue weighted by molar-refractivity contribution is 7.47. The van der Waals surface area contributed by atoms with Crippen LogP contribution >= 0.6 is 19.2 Å². The Bertz CT molecular complexity index is 1130. The van der Waals surface area contributed by atoms with Crippen LogP contribution in [0.25, 0.3) is 10.4 Å². The first-order chi connectivity index (χ1) is 15.2. The number of hydrogen-bond donors (Lipinski definition) is 2. The molecule has 0 aromatic carbocycles. The summed E-state index contributed by atoms with van der Waals surface area (Å²) in [5, 5.41) is 5.09. The van der Waals surface area contributed by atoms with E-state index < -0.39 is 44.5 Å². The Balaban J connectivity index is 1.80. The van der Waals surface area contributed by atoms with Crippen molar-refractivity contribution in [3.05, 3.63) is 55.1 Å². The van der Waals surface area contributed by atoms with Crippen LogP contribution in [0.5, 0.6) is 0 Å². The fourth-order valence-electron chi connectivity index (χ4n) is 2.95. The molecule has 3 N–H and O–H groups in total.